The van der Waals surface area contributed by atoms with E-state index in [1.165, 1.54) is 17.4 Å². The minimum Gasteiger partial charge on any atom is -0.306 e. The highest BCUT2D eigenvalue weighted by Gasteiger charge is 2.35. The van der Waals surface area contributed by atoms with Crippen LogP contribution in [0.1, 0.15) is 33.8 Å². The summed E-state index contributed by atoms with van der Waals surface area (Å²) in [6, 6.07) is 7.17. The summed E-state index contributed by atoms with van der Waals surface area (Å²) < 4.78 is 40.6. The van der Waals surface area contributed by atoms with Gasteiger partial charge in [0.25, 0.3) is 0 Å². The van der Waals surface area contributed by atoms with Crippen LogP contribution in [-0.4, -0.2) is 6.54 Å². The van der Waals surface area contributed by atoms with Crippen LogP contribution in [0.25, 0.3) is 0 Å². The zero-order valence-corrected chi connectivity index (χ0v) is 14.0. The van der Waals surface area contributed by atoms with E-state index in [1.54, 1.807) is 12.1 Å². The first-order chi connectivity index (χ1) is 9.84. The standard InChI is InChI=1S/C15H15BrF3NS/c1-3-20-14(13-8-12(16)9(2)21-13)10-6-4-5-7-11(10)15(17,18)19/h4-8,14,20H,3H2,1-2H3. The lowest BCUT2D eigenvalue weighted by molar-refractivity contribution is -0.138. The molecule has 1 nitrogen and oxygen atoms in total. The highest BCUT2D eigenvalue weighted by Crippen LogP contribution is 2.39. The molecule has 0 aliphatic heterocycles. The van der Waals surface area contributed by atoms with Gasteiger partial charge in [-0.1, -0.05) is 25.1 Å². The van der Waals surface area contributed by atoms with Crippen LogP contribution in [0, 0.1) is 6.92 Å². The van der Waals surface area contributed by atoms with Crippen LogP contribution >= 0.6 is 27.3 Å². The fourth-order valence-corrected chi connectivity index (χ4v) is 3.85. The van der Waals surface area contributed by atoms with E-state index in [0.29, 0.717) is 6.54 Å². The molecule has 0 saturated heterocycles. The third kappa shape index (κ3) is 3.67. The quantitative estimate of drug-likeness (QED) is 0.737. The molecule has 2 rings (SSSR count). The number of benzene rings is 1. The van der Waals surface area contributed by atoms with Gasteiger partial charge in [-0.15, -0.1) is 11.3 Å². The molecule has 6 heteroatoms. The third-order valence-electron chi connectivity index (χ3n) is 3.15. The van der Waals surface area contributed by atoms with Gasteiger partial charge >= 0.3 is 6.18 Å². The molecule has 1 aromatic carbocycles. The van der Waals surface area contributed by atoms with Crippen molar-refractivity contribution in [3.05, 3.63) is 55.7 Å². The van der Waals surface area contributed by atoms with E-state index >= 15 is 0 Å². The second kappa shape index (κ2) is 6.50. The van der Waals surface area contributed by atoms with Crippen molar-refractivity contribution >= 4 is 27.3 Å². The van der Waals surface area contributed by atoms with E-state index in [0.717, 1.165) is 20.3 Å². The molecule has 1 N–H and O–H groups in total. The van der Waals surface area contributed by atoms with Crippen molar-refractivity contribution in [3.8, 4) is 0 Å². The smallest absolute Gasteiger partial charge is 0.306 e. The van der Waals surface area contributed by atoms with Crippen molar-refractivity contribution in [1.29, 1.82) is 0 Å². The summed E-state index contributed by atoms with van der Waals surface area (Å²) in [6.07, 6.45) is -4.35. The second-order valence-electron chi connectivity index (χ2n) is 4.63. The molecule has 1 heterocycles. The molecule has 21 heavy (non-hydrogen) atoms. The minimum atomic E-state index is -4.35. The lowest BCUT2D eigenvalue weighted by Gasteiger charge is -2.21. The molecule has 0 radical (unpaired) electrons. The van der Waals surface area contributed by atoms with Crippen LogP contribution in [0.5, 0.6) is 0 Å². The number of thiophene rings is 1. The Morgan fingerprint density at radius 2 is 1.95 bits per heavy atom. The van der Waals surface area contributed by atoms with Gasteiger partial charge in [-0.2, -0.15) is 13.2 Å². The second-order valence-corrected chi connectivity index (χ2v) is 6.77. The number of hydrogen-bond acceptors (Lipinski definition) is 2. The summed E-state index contributed by atoms with van der Waals surface area (Å²) in [5.41, 5.74) is -0.321. The molecule has 0 amide bonds. The average Bonchev–Trinajstić information content (AvgIpc) is 2.75. The maximum atomic E-state index is 13.2. The molecular weight excluding hydrogens is 363 g/mol. The Morgan fingerprint density at radius 3 is 2.48 bits per heavy atom. The van der Waals surface area contributed by atoms with Crippen molar-refractivity contribution in [3.63, 3.8) is 0 Å². The van der Waals surface area contributed by atoms with Gasteiger partial charge in [0.15, 0.2) is 0 Å². The molecule has 2 aromatic rings. The molecule has 0 spiro atoms. The molecule has 0 saturated carbocycles. The highest BCUT2D eigenvalue weighted by molar-refractivity contribution is 9.10. The highest BCUT2D eigenvalue weighted by atomic mass is 79.9. The van der Waals surface area contributed by atoms with Crippen LogP contribution in [0.15, 0.2) is 34.8 Å². The summed E-state index contributed by atoms with van der Waals surface area (Å²) in [7, 11) is 0. The Morgan fingerprint density at radius 1 is 1.29 bits per heavy atom. The van der Waals surface area contributed by atoms with Crippen LogP contribution in [-0.2, 0) is 6.18 Å². The van der Waals surface area contributed by atoms with Gasteiger partial charge in [-0.25, -0.2) is 0 Å². The Labute approximate surface area is 134 Å². The van der Waals surface area contributed by atoms with Crippen LogP contribution < -0.4 is 5.32 Å². The number of nitrogens with one attached hydrogen (secondary N) is 1. The monoisotopic (exact) mass is 377 g/mol. The summed E-state index contributed by atoms with van der Waals surface area (Å²) in [5, 5.41) is 3.16. The number of halogens is 4. The van der Waals surface area contributed by atoms with Crippen molar-refractivity contribution < 1.29 is 13.2 Å². The van der Waals surface area contributed by atoms with Gasteiger partial charge in [-0.05, 0) is 47.1 Å². The van der Waals surface area contributed by atoms with E-state index in [4.69, 9.17) is 0 Å². The van der Waals surface area contributed by atoms with Gasteiger partial charge in [0, 0.05) is 14.2 Å². The van der Waals surface area contributed by atoms with Crippen molar-refractivity contribution in [2.45, 2.75) is 26.1 Å². The van der Waals surface area contributed by atoms with Gasteiger partial charge in [0.1, 0.15) is 0 Å². The maximum Gasteiger partial charge on any atom is 0.416 e. The predicted octanol–water partition coefficient (Wildman–Crippen LogP) is 5.54. The van der Waals surface area contributed by atoms with Gasteiger partial charge in [0.2, 0.25) is 0 Å². The predicted molar refractivity (Wildman–Crippen MR) is 83.7 cm³/mol. The summed E-state index contributed by atoms with van der Waals surface area (Å²) >= 11 is 4.93. The normalized spacial score (nSPS) is 13.4. The molecule has 1 aromatic heterocycles. The average molecular weight is 378 g/mol. The Hall–Kier alpha value is -0.850. The van der Waals surface area contributed by atoms with Gasteiger partial charge in [-0.3, -0.25) is 0 Å². The summed E-state index contributed by atoms with van der Waals surface area (Å²) in [4.78, 5) is 1.93. The van der Waals surface area contributed by atoms with Crippen LogP contribution in [0.3, 0.4) is 0 Å². The molecule has 114 valence electrons. The zero-order chi connectivity index (χ0) is 15.6. The lowest BCUT2D eigenvalue weighted by atomic mass is 9.98. The molecule has 0 aliphatic rings. The first kappa shape index (κ1) is 16.5. The topological polar surface area (TPSA) is 12.0 Å². The fraction of sp³-hybridized carbons (Fsp3) is 0.333. The van der Waals surface area contributed by atoms with Crippen LogP contribution in [0.2, 0.25) is 0 Å². The molecular formula is C15H15BrF3NS. The first-order valence-corrected chi connectivity index (χ1v) is 8.11. The molecule has 0 bridgehead atoms. The number of hydrogen-bond donors (Lipinski definition) is 1. The zero-order valence-electron chi connectivity index (χ0n) is 11.6. The van der Waals surface area contributed by atoms with Crippen molar-refractivity contribution in [2.24, 2.45) is 0 Å². The lowest BCUT2D eigenvalue weighted by Crippen LogP contribution is -2.24. The molecule has 0 fully saturated rings. The number of alkyl halides is 3. The summed E-state index contributed by atoms with van der Waals surface area (Å²) in [5.74, 6) is 0. The van der Waals surface area contributed by atoms with Gasteiger partial charge in [0.05, 0.1) is 11.6 Å². The molecule has 0 aliphatic carbocycles. The largest absolute Gasteiger partial charge is 0.416 e. The van der Waals surface area contributed by atoms with E-state index in [-0.39, 0.29) is 5.56 Å². The van der Waals surface area contributed by atoms with E-state index in [9.17, 15) is 13.2 Å². The molecule has 1 atom stereocenters. The Kier molecular flexibility index (Phi) is 5.11. The Balaban J connectivity index is 2.53. The number of aryl methyl sites for hydroxylation is 1. The summed E-state index contributed by atoms with van der Waals surface area (Å²) in [6.45, 7) is 4.42. The SMILES string of the molecule is CCNC(c1cc(Br)c(C)s1)c1ccccc1C(F)(F)F. The fourth-order valence-electron chi connectivity index (χ4n) is 2.20. The Bertz CT molecular complexity index is 602. The number of rotatable bonds is 4. The van der Waals surface area contributed by atoms with E-state index in [2.05, 4.69) is 21.2 Å². The van der Waals surface area contributed by atoms with E-state index < -0.39 is 17.8 Å². The van der Waals surface area contributed by atoms with E-state index in [1.807, 2.05) is 19.9 Å². The van der Waals surface area contributed by atoms with Crippen LogP contribution in [0.4, 0.5) is 13.2 Å². The van der Waals surface area contributed by atoms with Gasteiger partial charge < -0.3 is 5.32 Å². The third-order valence-corrected chi connectivity index (χ3v) is 5.35. The van der Waals surface area contributed by atoms with Crippen molar-refractivity contribution in [2.75, 3.05) is 6.54 Å². The first-order valence-electron chi connectivity index (χ1n) is 6.50. The van der Waals surface area contributed by atoms with Crippen molar-refractivity contribution in [1.82, 2.24) is 5.32 Å². The minimum absolute atomic E-state index is 0.264. The molecule has 1 unspecified atom stereocenters. The maximum absolute atomic E-state index is 13.2.